The van der Waals surface area contributed by atoms with Crippen molar-refractivity contribution < 1.29 is 24.5 Å². The van der Waals surface area contributed by atoms with Gasteiger partial charge in [0, 0.05) is 30.1 Å². The van der Waals surface area contributed by atoms with Gasteiger partial charge in [-0.15, -0.1) is 0 Å². The Balaban J connectivity index is 1.18. The summed E-state index contributed by atoms with van der Waals surface area (Å²) in [6.45, 7) is 1.94. The first-order chi connectivity index (χ1) is 18.3. The molecule has 10 rings (SSSR count). The van der Waals surface area contributed by atoms with Crippen molar-refractivity contribution in [3.63, 3.8) is 0 Å². The molecule has 38 heavy (non-hydrogen) atoms. The fourth-order valence-corrected chi connectivity index (χ4v) is 9.66. The second-order valence-corrected chi connectivity index (χ2v) is 12.9. The lowest BCUT2D eigenvalue weighted by Crippen LogP contribution is -2.75. The van der Waals surface area contributed by atoms with Crippen LogP contribution in [0.5, 0.6) is 11.5 Å². The Morgan fingerprint density at radius 3 is 2.74 bits per heavy atom. The highest BCUT2D eigenvalue weighted by Gasteiger charge is 2.95. The van der Waals surface area contributed by atoms with Gasteiger partial charge in [-0.1, -0.05) is 42.5 Å². The summed E-state index contributed by atoms with van der Waals surface area (Å²) in [4.78, 5) is 16.5. The number of rotatable bonds is 6. The predicted molar refractivity (Wildman–Crippen MR) is 138 cm³/mol. The highest BCUT2D eigenvalue weighted by Crippen LogP contribution is 2.87. The van der Waals surface area contributed by atoms with Crippen molar-refractivity contribution in [2.75, 3.05) is 20.2 Å². The van der Waals surface area contributed by atoms with E-state index in [1.807, 2.05) is 36.4 Å². The number of nitrogens with one attached hydrogen (secondary N) is 1. The van der Waals surface area contributed by atoms with E-state index in [1.165, 1.54) is 11.1 Å². The lowest BCUT2D eigenvalue weighted by molar-refractivity contribution is -0.176. The maximum absolute atomic E-state index is 14.0. The van der Waals surface area contributed by atoms with E-state index < -0.39 is 28.1 Å². The Bertz CT molecular complexity index is 1470. The van der Waals surface area contributed by atoms with Gasteiger partial charge in [0.15, 0.2) is 11.5 Å². The Kier molecular flexibility index (Phi) is 3.74. The maximum atomic E-state index is 14.0. The molecule has 0 radical (unpaired) electrons. The third-order valence-corrected chi connectivity index (χ3v) is 11.4. The smallest absolute Gasteiger partial charge is 0.234 e. The molecule has 3 saturated carbocycles. The average Bonchev–Trinajstić information content (AvgIpc) is 3.62. The molecule has 6 atom stereocenters. The minimum Gasteiger partial charge on any atom is -0.493 e. The molecular formula is C31H32N2O5. The molecule has 6 bridgehead atoms. The zero-order valence-electron chi connectivity index (χ0n) is 21.5. The summed E-state index contributed by atoms with van der Waals surface area (Å²) in [6, 6.07) is 14.2. The maximum Gasteiger partial charge on any atom is 0.234 e. The summed E-state index contributed by atoms with van der Waals surface area (Å²) in [5.41, 5.74) is 0.679. The standard InChI is InChI=1S/C31H32N2O5/c1-37-20-8-7-19-13-22-28-14-21-30(16-28,26(34)32-15-18-5-3-2-4-6-18)31(21,36)25-29(28,23(19)24(20)38-25)11-12-33(22)17-27(35)9-10-27/h2-8,14,22,25,35-36H,9-13,15-17H2,1H3,(H,32,34)/t22?,25-,28-,29+,30-,31?/m1/s1. The van der Waals surface area contributed by atoms with Gasteiger partial charge < -0.3 is 25.0 Å². The van der Waals surface area contributed by atoms with Gasteiger partial charge in [0.25, 0.3) is 0 Å². The van der Waals surface area contributed by atoms with Crippen molar-refractivity contribution in [2.45, 2.75) is 67.4 Å². The molecule has 0 aromatic heterocycles. The van der Waals surface area contributed by atoms with E-state index in [2.05, 4.69) is 22.4 Å². The molecule has 2 unspecified atom stereocenters. The number of carbonyl (C=O) groups is 1. The van der Waals surface area contributed by atoms with Crippen LogP contribution in [0, 0.1) is 10.8 Å². The molecule has 6 aliphatic carbocycles. The summed E-state index contributed by atoms with van der Waals surface area (Å²) in [5, 5.41) is 26.5. The molecule has 7 nitrogen and oxygen atoms in total. The number of ether oxygens (including phenoxy) is 2. The summed E-state index contributed by atoms with van der Waals surface area (Å²) in [6.07, 6.45) is 5.72. The van der Waals surface area contributed by atoms with Gasteiger partial charge in [-0.3, -0.25) is 9.69 Å². The number of hydrogen-bond acceptors (Lipinski definition) is 6. The Morgan fingerprint density at radius 1 is 1.16 bits per heavy atom. The van der Waals surface area contributed by atoms with Gasteiger partial charge in [0.1, 0.15) is 17.1 Å². The van der Waals surface area contributed by atoms with Gasteiger partial charge in [-0.25, -0.2) is 0 Å². The first kappa shape index (κ1) is 22.0. The number of aliphatic hydroxyl groups is 2. The van der Waals surface area contributed by atoms with E-state index >= 15 is 0 Å². The molecule has 2 spiro atoms. The first-order valence-electron chi connectivity index (χ1n) is 13.9. The molecule has 1 saturated heterocycles. The molecule has 7 heteroatoms. The van der Waals surface area contributed by atoms with Crippen molar-refractivity contribution >= 4 is 5.91 Å². The zero-order valence-corrected chi connectivity index (χ0v) is 21.5. The highest BCUT2D eigenvalue weighted by molar-refractivity contribution is 5.99. The second kappa shape index (κ2) is 6.46. The number of methoxy groups -OCH3 is 1. The van der Waals surface area contributed by atoms with E-state index in [9.17, 15) is 15.0 Å². The first-order valence-corrected chi connectivity index (χ1v) is 13.9. The molecule has 196 valence electrons. The zero-order chi connectivity index (χ0) is 25.7. The molecule has 4 fully saturated rings. The number of β-amino-alcohol motifs (C(OH)–C–C–N with tert-alkyl or cyclic N) is 1. The largest absolute Gasteiger partial charge is 0.493 e. The molecule has 2 aromatic carbocycles. The van der Waals surface area contributed by atoms with Crippen LogP contribution in [-0.2, 0) is 23.2 Å². The van der Waals surface area contributed by atoms with Gasteiger partial charge in [0.05, 0.1) is 18.1 Å². The number of hydrogen-bond donors (Lipinski definition) is 3. The SMILES string of the molecule is COc1ccc2c3c1O[C@H]1C4(O)C5=C[C@@]6(C[C@]54C(=O)NCc4ccccc4)C(C2)N(CC2(O)CC2)CC[C@]316. The number of nitrogens with zero attached hydrogens (tertiary/aromatic N) is 1. The van der Waals surface area contributed by atoms with Crippen LogP contribution in [0.4, 0.5) is 0 Å². The Hall–Kier alpha value is -2.87. The molecular weight excluding hydrogens is 480 g/mol. The lowest BCUT2D eigenvalue weighted by atomic mass is 9.41. The number of piperidine rings is 1. The molecule has 2 aromatic rings. The Labute approximate surface area is 221 Å². The van der Waals surface area contributed by atoms with Crippen LogP contribution < -0.4 is 14.8 Å². The van der Waals surface area contributed by atoms with Crippen molar-refractivity contribution in [1.29, 1.82) is 0 Å². The lowest BCUT2D eigenvalue weighted by Gasteiger charge is -2.66. The summed E-state index contributed by atoms with van der Waals surface area (Å²) >= 11 is 0. The normalized spacial score (nSPS) is 41.1. The van der Waals surface area contributed by atoms with Gasteiger partial charge in [-0.05, 0) is 61.4 Å². The summed E-state index contributed by atoms with van der Waals surface area (Å²) < 4.78 is 12.5. The van der Waals surface area contributed by atoms with E-state index in [0.29, 0.717) is 25.3 Å². The summed E-state index contributed by atoms with van der Waals surface area (Å²) in [5.74, 6) is 1.34. The average molecular weight is 513 g/mol. The van der Waals surface area contributed by atoms with Crippen molar-refractivity contribution in [3.8, 4) is 11.5 Å². The topological polar surface area (TPSA) is 91.3 Å². The number of likely N-dealkylation sites (tertiary alicyclic amines) is 1. The van der Waals surface area contributed by atoms with Crippen LogP contribution >= 0.6 is 0 Å². The van der Waals surface area contributed by atoms with Gasteiger partial charge in [0.2, 0.25) is 5.91 Å². The van der Waals surface area contributed by atoms with Crippen LogP contribution in [0.2, 0.25) is 0 Å². The molecule has 2 heterocycles. The van der Waals surface area contributed by atoms with Crippen molar-refractivity contribution in [2.24, 2.45) is 10.8 Å². The minimum absolute atomic E-state index is 0.107. The van der Waals surface area contributed by atoms with E-state index in [-0.39, 0.29) is 17.4 Å². The van der Waals surface area contributed by atoms with Crippen LogP contribution in [0.1, 0.15) is 42.4 Å². The van der Waals surface area contributed by atoms with Crippen molar-refractivity contribution in [3.05, 3.63) is 70.8 Å². The third-order valence-electron chi connectivity index (χ3n) is 11.4. The number of carbonyl (C=O) groups excluding carboxylic acids is 1. The fourth-order valence-electron chi connectivity index (χ4n) is 9.66. The Morgan fingerprint density at radius 2 is 1.97 bits per heavy atom. The van der Waals surface area contributed by atoms with Crippen LogP contribution in [0.3, 0.4) is 0 Å². The minimum atomic E-state index is -1.32. The summed E-state index contributed by atoms with van der Waals surface area (Å²) in [7, 11) is 1.66. The van der Waals surface area contributed by atoms with Gasteiger partial charge in [-0.2, -0.15) is 0 Å². The fraction of sp³-hybridized carbons (Fsp3) is 0.516. The molecule has 1 amide bonds. The van der Waals surface area contributed by atoms with Crippen LogP contribution in [0.25, 0.3) is 0 Å². The van der Waals surface area contributed by atoms with Gasteiger partial charge >= 0.3 is 0 Å². The predicted octanol–water partition coefficient (Wildman–Crippen LogP) is 2.23. The third kappa shape index (κ3) is 2.15. The molecule has 3 N–H and O–H groups in total. The highest BCUT2D eigenvalue weighted by atomic mass is 16.5. The van der Waals surface area contributed by atoms with E-state index in [4.69, 9.17) is 9.47 Å². The van der Waals surface area contributed by atoms with E-state index in [0.717, 1.165) is 49.1 Å². The van der Waals surface area contributed by atoms with Crippen molar-refractivity contribution in [1.82, 2.24) is 10.2 Å². The second-order valence-electron chi connectivity index (χ2n) is 12.9. The van der Waals surface area contributed by atoms with Crippen LogP contribution in [0.15, 0.2) is 54.1 Å². The monoisotopic (exact) mass is 512 g/mol. The van der Waals surface area contributed by atoms with E-state index in [1.54, 1.807) is 7.11 Å². The quantitative estimate of drug-likeness (QED) is 0.515. The molecule has 8 aliphatic rings. The number of benzene rings is 2. The molecule has 2 aliphatic heterocycles. The van der Waals surface area contributed by atoms with Crippen LogP contribution in [-0.4, -0.2) is 64.6 Å². The number of amides is 1.